The number of rotatable bonds is 7. The number of hydrogen-bond donors (Lipinski definition) is 0. The summed E-state index contributed by atoms with van der Waals surface area (Å²) in [7, 11) is 0. The first-order valence-corrected chi connectivity index (χ1v) is 10.0. The Labute approximate surface area is 180 Å². The van der Waals surface area contributed by atoms with E-state index in [1.807, 2.05) is 24.0 Å². The smallest absolute Gasteiger partial charge is 0.344 e. The lowest BCUT2D eigenvalue weighted by Crippen LogP contribution is -2.50. The number of halogens is 1. The van der Waals surface area contributed by atoms with Crippen molar-refractivity contribution < 1.29 is 28.2 Å². The van der Waals surface area contributed by atoms with E-state index in [9.17, 15) is 18.8 Å². The van der Waals surface area contributed by atoms with E-state index in [1.165, 1.54) is 13.0 Å². The highest BCUT2D eigenvalue weighted by Gasteiger charge is 2.24. The fourth-order valence-corrected chi connectivity index (χ4v) is 3.30. The van der Waals surface area contributed by atoms with Gasteiger partial charge >= 0.3 is 5.97 Å². The molecule has 1 fully saturated rings. The maximum absolute atomic E-state index is 14.3. The van der Waals surface area contributed by atoms with Crippen molar-refractivity contribution in [3.8, 4) is 5.75 Å². The van der Waals surface area contributed by atoms with Crippen molar-refractivity contribution in [2.24, 2.45) is 0 Å². The number of hydrogen-bond acceptors (Lipinski definition) is 6. The molecule has 8 heteroatoms. The summed E-state index contributed by atoms with van der Waals surface area (Å²) in [5.41, 5.74) is 1.73. The molecule has 2 aromatic rings. The zero-order valence-electron chi connectivity index (χ0n) is 17.6. The first-order chi connectivity index (χ1) is 14.8. The minimum absolute atomic E-state index is 0.195. The van der Waals surface area contributed by atoms with E-state index in [1.54, 1.807) is 29.2 Å². The fourth-order valence-electron chi connectivity index (χ4n) is 3.30. The van der Waals surface area contributed by atoms with Crippen LogP contribution in [0.1, 0.15) is 22.8 Å². The van der Waals surface area contributed by atoms with Gasteiger partial charge in [-0.05, 0) is 49.7 Å². The van der Waals surface area contributed by atoms with Gasteiger partial charge in [0.15, 0.2) is 19.0 Å². The molecule has 0 radical (unpaired) electrons. The van der Waals surface area contributed by atoms with Crippen molar-refractivity contribution in [2.75, 3.05) is 44.3 Å². The van der Waals surface area contributed by atoms with Gasteiger partial charge in [-0.15, -0.1) is 0 Å². The molecule has 0 atom stereocenters. The van der Waals surface area contributed by atoms with E-state index in [4.69, 9.17) is 9.47 Å². The molecular weight excluding hydrogens is 403 g/mol. The number of nitrogens with zero attached hydrogens (tertiary/aromatic N) is 2. The number of Topliss-reactive ketones (excluding diaryl/α,β-unsaturated/α-hetero) is 1. The van der Waals surface area contributed by atoms with Gasteiger partial charge < -0.3 is 19.3 Å². The van der Waals surface area contributed by atoms with Crippen LogP contribution in [0.25, 0.3) is 0 Å². The monoisotopic (exact) mass is 428 g/mol. The largest absolute Gasteiger partial charge is 0.482 e. The minimum Gasteiger partial charge on any atom is -0.482 e. The molecule has 1 saturated heterocycles. The molecule has 1 aliphatic heterocycles. The van der Waals surface area contributed by atoms with Gasteiger partial charge in [0.1, 0.15) is 11.6 Å². The summed E-state index contributed by atoms with van der Waals surface area (Å²) in [5.74, 6) is -1.03. The lowest BCUT2D eigenvalue weighted by atomic mass is 10.1. The molecular formula is C23H25FN2O5. The van der Waals surface area contributed by atoms with Crippen LogP contribution in [0.5, 0.6) is 5.75 Å². The average molecular weight is 428 g/mol. The van der Waals surface area contributed by atoms with Gasteiger partial charge in [0.25, 0.3) is 5.91 Å². The molecule has 0 bridgehead atoms. The van der Waals surface area contributed by atoms with Crippen LogP contribution in [-0.4, -0.2) is 62.0 Å². The number of piperazine rings is 1. The average Bonchev–Trinajstić information content (AvgIpc) is 2.76. The minimum atomic E-state index is -0.624. The first kappa shape index (κ1) is 22.3. The predicted molar refractivity (Wildman–Crippen MR) is 113 cm³/mol. The number of aryl methyl sites for hydroxylation is 1. The van der Waals surface area contributed by atoms with Crippen molar-refractivity contribution >= 4 is 23.3 Å². The van der Waals surface area contributed by atoms with Gasteiger partial charge in [-0.2, -0.15) is 0 Å². The number of anilines is 1. The highest BCUT2D eigenvalue weighted by Crippen LogP contribution is 2.22. The first-order valence-electron chi connectivity index (χ1n) is 10.0. The molecule has 0 saturated carbocycles. The Bertz CT molecular complexity index is 970. The lowest BCUT2D eigenvalue weighted by molar-refractivity contribution is -0.153. The normalized spacial score (nSPS) is 13.6. The van der Waals surface area contributed by atoms with Crippen molar-refractivity contribution in [1.29, 1.82) is 0 Å². The van der Waals surface area contributed by atoms with Crippen molar-refractivity contribution in [3.63, 3.8) is 0 Å². The Morgan fingerprint density at radius 3 is 2.39 bits per heavy atom. The van der Waals surface area contributed by atoms with E-state index in [0.717, 1.165) is 5.56 Å². The summed E-state index contributed by atoms with van der Waals surface area (Å²) in [6, 6.07) is 11.7. The third-order valence-electron chi connectivity index (χ3n) is 5.03. The lowest BCUT2D eigenvalue weighted by Gasteiger charge is -2.36. The SMILES string of the molecule is CC(=O)c1ccc(N2CCN(C(=O)COC(=O)COc3cccc(C)c3)CC2)c(F)c1. The standard InChI is InChI=1S/C23H25FN2O5/c1-16-4-3-5-19(12-16)30-15-23(29)31-14-22(28)26-10-8-25(9-11-26)21-7-6-18(17(2)27)13-20(21)24/h3-7,12-13H,8-11,14-15H2,1-2H3. The van der Waals surface area contributed by atoms with E-state index >= 15 is 0 Å². The quantitative estimate of drug-likeness (QED) is 0.499. The fraction of sp³-hybridized carbons (Fsp3) is 0.348. The summed E-state index contributed by atoms with van der Waals surface area (Å²) in [6.07, 6.45) is 0. The number of amides is 1. The zero-order chi connectivity index (χ0) is 22.4. The van der Waals surface area contributed by atoms with Gasteiger partial charge in [0, 0.05) is 31.7 Å². The molecule has 2 aromatic carbocycles. The Morgan fingerprint density at radius 1 is 1.00 bits per heavy atom. The summed E-state index contributed by atoms with van der Waals surface area (Å²) in [4.78, 5) is 38.9. The highest BCUT2D eigenvalue weighted by molar-refractivity contribution is 5.94. The topological polar surface area (TPSA) is 76.2 Å². The van der Waals surface area contributed by atoms with Gasteiger partial charge in [0.05, 0.1) is 5.69 Å². The Morgan fingerprint density at radius 2 is 1.74 bits per heavy atom. The molecule has 1 aliphatic rings. The van der Waals surface area contributed by atoms with Crippen LogP contribution in [0.15, 0.2) is 42.5 Å². The second-order valence-electron chi connectivity index (χ2n) is 7.36. The molecule has 164 valence electrons. The molecule has 1 heterocycles. The van der Waals surface area contributed by atoms with Crippen LogP contribution in [0.2, 0.25) is 0 Å². The third kappa shape index (κ3) is 6.04. The Balaban J connectivity index is 1.43. The zero-order valence-corrected chi connectivity index (χ0v) is 17.6. The molecule has 0 aromatic heterocycles. The van der Waals surface area contributed by atoms with Crippen molar-refractivity contribution in [3.05, 3.63) is 59.4 Å². The highest BCUT2D eigenvalue weighted by atomic mass is 19.1. The van der Waals surface area contributed by atoms with E-state index in [0.29, 0.717) is 43.2 Å². The van der Waals surface area contributed by atoms with Crippen LogP contribution < -0.4 is 9.64 Å². The molecule has 31 heavy (non-hydrogen) atoms. The second kappa shape index (κ2) is 10.1. The molecule has 0 spiro atoms. The molecule has 0 N–H and O–H groups in total. The molecule has 0 unspecified atom stereocenters. The summed E-state index contributed by atoms with van der Waals surface area (Å²) < 4.78 is 24.7. The van der Waals surface area contributed by atoms with Crippen molar-refractivity contribution in [1.82, 2.24) is 4.90 Å². The number of ketones is 1. The third-order valence-corrected chi connectivity index (χ3v) is 5.03. The summed E-state index contributed by atoms with van der Waals surface area (Å²) >= 11 is 0. The second-order valence-corrected chi connectivity index (χ2v) is 7.36. The van der Waals surface area contributed by atoms with E-state index in [2.05, 4.69) is 0 Å². The number of esters is 1. The maximum atomic E-state index is 14.3. The van der Waals surface area contributed by atoms with E-state index in [-0.39, 0.29) is 24.9 Å². The van der Waals surface area contributed by atoms with E-state index < -0.39 is 11.8 Å². The maximum Gasteiger partial charge on any atom is 0.344 e. The van der Waals surface area contributed by atoms with Crippen LogP contribution in [0.4, 0.5) is 10.1 Å². The van der Waals surface area contributed by atoms with Gasteiger partial charge in [-0.25, -0.2) is 9.18 Å². The molecule has 1 amide bonds. The summed E-state index contributed by atoms with van der Waals surface area (Å²) in [5, 5.41) is 0. The molecule has 0 aliphatic carbocycles. The van der Waals surface area contributed by atoms with Gasteiger partial charge in [0.2, 0.25) is 0 Å². The van der Waals surface area contributed by atoms with Gasteiger partial charge in [-0.3, -0.25) is 9.59 Å². The molecule has 7 nitrogen and oxygen atoms in total. The van der Waals surface area contributed by atoms with Crippen LogP contribution in [0.3, 0.4) is 0 Å². The van der Waals surface area contributed by atoms with Gasteiger partial charge in [-0.1, -0.05) is 12.1 Å². The number of benzene rings is 2. The number of carbonyl (C=O) groups is 3. The Hall–Kier alpha value is -3.42. The van der Waals surface area contributed by atoms with Crippen LogP contribution in [0, 0.1) is 12.7 Å². The number of carbonyl (C=O) groups excluding carboxylic acids is 3. The molecule has 3 rings (SSSR count). The van der Waals surface area contributed by atoms with Crippen LogP contribution in [-0.2, 0) is 14.3 Å². The van der Waals surface area contributed by atoms with Crippen LogP contribution >= 0.6 is 0 Å². The number of ether oxygens (including phenoxy) is 2. The summed E-state index contributed by atoms with van der Waals surface area (Å²) in [6.45, 7) is 4.30. The Kier molecular flexibility index (Phi) is 7.23. The van der Waals surface area contributed by atoms with Crippen molar-refractivity contribution in [2.45, 2.75) is 13.8 Å². The predicted octanol–water partition coefficient (Wildman–Crippen LogP) is 2.61.